The topological polar surface area (TPSA) is 78.5 Å². The van der Waals surface area contributed by atoms with E-state index in [0.29, 0.717) is 15.6 Å². The summed E-state index contributed by atoms with van der Waals surface area (Å²) in [6, 6.07) is 10.3. The summed E-state index contributed by atoms with van der Waals surface area (Å²) in [4.78, 5) is 38.1. The molecule has 2 heterocycles. The number of thiophene rings is 1. The van der Waals surface area contributed by atoms with Gasteiger partial charge in [0.1, 0.15) is 0 Å². The van der Waals surface area contributed by atoms with Crippen LogP contribution >= 0.6 is 22.9 Å². The molecule has 2 N–H and O–H groups in total. The first kappa shape index (κ1) is 16.5. The van der Waals surface area contributed by atoms with Gasteiger partial charge < -0.3 is 4.90 Å². The highest BCUT2D eigenvalue weighted by molar-refractivity contribution is 7.12. The number of amides is 3. The number of benzene rings is 1. The first-order chi connectivity index (χ1) is 11.5. The third kappa shape index (κ3) is 3.58. The Morgan fingerprint density at radius 3 is 2.58 bits per heavy atom. The van der Waals surface area contributed by atoms with Crippen molar-refractivity contribution in [2.75, 3.05) is 11.4 Å². The molecule has 24 heavy (non-hydrogen) atoms. The Hall–Kier alpha value is -2.38. The van der Waals surface area contributed by atoms with E-state index in [-0.39, 0.29) is 30.7 Å². The summed E-state index contributed by atoms with van der Waals surface area (Å²) in [6.07, 6.45) is 0.101. The van der Waals surface area contributed by atoms with Crippen molar-refractivity contribution in [3.8, 4) is 0 Å². The Labute approximate surface area is 147 Å². The zero-order valence-electron chi connectivity index (χ0n) is 12.5. The van der Waals surface area contributed by atoms with E-state index < -0.39 is 5.92 Å². The third-order valence-corrected chi connectivity index (χ3v) is 4.80. The number of nitrogens with one attached hydrogen (secondary N) is 2. The molecule has 3 rings (SSSR count). The molecular weight excluding hydrogens is 350 g/mol. The highest BCUT2D eigenvalue weighted by Gasteiger charge is 2.35. The SMILES string of the molecule is O=C(NNC(=O)[C@H]1CC(=O)N(c2ccc(Cl)cc2)C1)c1cccs1. The molecule has 0 saturated carbocycles. The largest absolute Gasteiger partial charge is 0.312 e. The quantitative estimate of drug-likeness (QED) is 0.821. The monoisotopic (exact) mass is 363 g/mol. The lowest BCUT2D eigenvalue weighted by molar-refractivity contribution is -0.126. The van der Waals surface area contributed by atoms with Crippen LogP contribution in [0.25, 0.3) is 0 Å². The summed E-state index contributed by atoms with van der Waals surface area (Å²) in [6.45, 7) is 0.265. The number of rotatable bonds is 3. The van der Waals surface area contributed by atoms with Gasteiger partial charge in [0, 0.05) is 23.7 Å². The van der Waals surface area contributed by atoms with Crippen molar-refractivity contribution in [2.45, 2.75) is 6.42 Å². The van der Waals surface area contributed by atoms with Crippen LogP contribution in [0.1, 0.15) is 16.1 Å². The molecule has 124 valence electrons. The van der Waals surface area contributed by atoms with Gasteiger partial charge in [0.15, 0.2) is 0 Å². The molecule has 1 atom stereocenters. The first-order valence-electron chi connectivity index (χ1n) is 7.24. The van der Waals surface area contributed by atoms with Crippen LogP contribution in [-0.4, -0.2) is 24.3 Å². The van der Waals surface area contributed by atoms with Crippen molar-refractivity contribution in [2.24, 2.45) is 5.92 Å². The van der Waals surface area contributed by atoms with Crippen molar-refractivity contribution >= 4 is 46.3 Å². The van der Waals surface area contributed by atoms with Gasteiger partial charge in [0.05, 0.1) is 10.8 Å². The number of hydrogen-bond donors (Lipinski definition) is 2. The van der Waals surface area contributed by atoms with Crippen LogP contribution in [0.4, 0.5) is 5.69 Å². The van der Waals surface area contributed by atoms with E-state index in [1.54, 1.807) is 46.7 Å². The number of nitrogens with zero attached hydrogens (tertiary/aromatic N) is 1. The molecular formula is C16H14ClN3O3S. The average molecular weight is 364 g/mol. The Balaban J connectivity index is 1.58. The molecule has 1 saturated heterocycles. The van der Waals surface area contributed by atoms with Crippen LogP contribution in [0.2, 0.25) is 5.02 Å². The van der Waals surface area contributed by atoms with E-state index in [9.17, 15) is 14.4 Å². The average Bonchev–Trinajstić information content (AvgIpc) is 3.23. The number of anilines is 1. The van der Waals surface area contributed by atoms with Crippen LogP contribution in [0.5, 0.6) is 0 Å². The second-order valence-corrected chi connectivity index (χ2v) is 6.69. The molecule has 1 aromatic heterocycles. The molecule has 6 nitrogen and oxygen atoms in total. The molecule has 8 heteroatoms. The van der Waals surface area contributed by atoms with E-state index in [4.69, 9.17) is 11.6 Å². The minimum Gasteiger partial charge on any atom is -0.312 e. The fourth-order valence-electron chi connectivity index (χ4n) is 2.44. The smallest absolute Gasteiger partial charge is 0.279 e. The van der Waals surface area contributed by atoms with Crippen LogP contribution < -0.4 is 15.8 Å². The Morgan fingerprint density at radius 1 is 1.17 bits per heavy atom. The lowest BCUT2D eigenvalue weighted by Crippen LogP contribution is -2.44. The van der Waals surface area contributed by atoms with Crippen LogP contribution in [0, 0.1) is 5.92 Å². The minimum atomic E-state index is -0.517. The molecule has 1 aliphatic rings. The van der Waals surface area contributed by atoms with E-state index in [1.165, 1.54) is 11.3 Å². The zero-order valence-corrected chi connectivity index (χ0v) is 14.1. The van der Waals surface area contributed by atoms with Gasteiger partial charge in [-0.2, -0.15) is 0 Å². The molecule has 1 fully saturated rings. The predicted octanol–water partition coefficient (Wildman–Crippen LogP) is 2.22. The van der Waals surface area contributed by atoms with E-state index in [0.717, 1.165) is 0 Å². The van der Waals surface area contributed by atoms with Gasteiger partial charge in [-0.15, -0.1) is 11.3 Å². The molecule has 0 bridgehead atoms. The number of hydrazine groups is 1. The molecule has 0 spiro atoms. The lowest BCUT2D eigenvalue weighted by atomic mass is 10.1. The fraction of sp³-hybridized carbons (Fsp3) is 0.188. The van der Waals surface area contributed by atoms with Gasteiger partial charge in [-0.3, -0.25) is 25.2 Å². The fourth-order valence-corrected chi connectivity index (χ4v) is 3.19. The normalized spacial score (nSPS) is 17.0. The van der Waals surface area contributed by atoms with Crippen LogP contribution in [0.3, 0.4) is 0 Å². The van der Waals surface area contributed by atoms with Crippen molar-refractivity contribution in [3.05, 3.63) is 51.7 Å². The van der Waals surface area contributed by atoms with Gasteiger partial charge in [-0.1, -0.05) is 17.7 Å². The van der Waals surface area contributed by atoms with Crippen molar-refractivity contribution in [3.63, 3.8) is 0 Å². The second kappa shape index (κ2) is 7.02. The number of carbonyl (C=O) groups is 3. The summed E-state index contributed by atoms with van der Waals surface area (Å²) < 4.78 is 0. The highest BCUT2D eigenvalue weighted by atomic mass is 35.5. The Kier molecular flexibility index (Phi) is 4.82. The summed E-state index contributed by atoms with van der Waals surface area (Å²) in [5, 5.41) is 2.35. The van der Waals surface area contributed by atoms with Gasteiger partial charge in [0.2, 0.25) is 11.8 Å². The standard InChI is InChI=1S/C16H14ClN3O3S/c17-11-3-5-12(6-4-11)20-9-10(8-14(20)21)15(22)18-19-16(23)13-2-1-7-24-13/h1-7,10H,8-9H2,(H,18,22)(H,19,23)/t10-/m0/s1. The number of halogens is 1. The second-order valence-electron chi connectivity index (χ2n) is 5.30. The molecule has 3 amide bonds. The highest BCUT2D eigenvalue weighted by Crippen LogP contribution is 2.26. The van der Waals surface area contributed by atoms with Gasteiger partial charge in [0.25, 0.3) is 5.91 Å². The maximum atomic E-state index is 12.2. The summed E-state index contributed by atoms with van der Waals surface area (Å²) in [5.41, 5.74) is 5.44. The van der Waals surface area contributed by atoms with Gasteiger partial charge in [-0.05, 0) is 35.7 Å². The maximum Gasteiger partial charge on any atom is 0.279 e. The molecule has 2 aromatic rings. The van der Waals surface area contributed by atoms with Crippen LogP contribution in [0.15, 0.2) is 41.8 Å². The Morgan fingerprint density at radius 2 is 1.92 bits per heavy atom. The van der Waals surface area contributed by atoms with Crippen molar-refractivity contribution in [1.29, 1.82) is 0 Å². The van der Waals surface area contributed by atoms with E-state index >= 15 is 0 Å². The van der Waals surface area contributed by atoms with Crippen LogP contribution in [-0.2, 0) is 9.59 Å². The minimum absolute atomic E-state index is 0.101. The lowest BCUT2D eigenvalue weighted by Gasteiger charge is -2.16. The number of carbonyl (C=O) groups excluding carboxylic acids is 3. The van der Waals surface area contributed by atoms with Gasteiger partial charge >= 0.3 is 0 Å². The molecule has 0 radical (unpaired) electrons. The molecule has 1 aromatic carbocycles. The van der Waals surface area contributed by atoms with E-state index in [2.05, 4.69) is 10.9 Å². The molecule has 0 aliphatic carbocycles. The Bertz CT molecular complexity index is 761. The summed E-state index contributed by atoms with van der Waals surface area (Å²) in [7, 11) is 0. The van der Waals surface area contributed by atoms with Gasteiger partial charge in [-0.25, -0.2) is 0 Å². The molecule has 0 unspecified atom stereocenters. The predicted molar refractivity (Wildman–Crippen MR) is 91.8 cm³/mol. The maximum absolute atomic E-state index is 12.2. The zero-order chi connectivity index (χ0) is 17.1. The summed E-state index contributed by atoms with van der Waals surface area (Å²) in [5.74, 6) is -1.42. The third-order valence-electron chi connectivity index (χ3n) is 3.68. The number of hydrogen-bond acceptors (Lipinski definition) is 4. The molecule has 1 aliphatic heterocycles. The van der Waals surface area contributed by atoms with Crippen molar-refractivity contribution < 1.29 is 14.4 Å². The van der Waals surface area contributed by atoms with Crippen molar-refractivity contribution in [1.82, 2.24) is 10.9 Å². The summed E-state index contributed by atoms with van der Waals surface area (Å²) >= 11 is 7.12. The first-order valence-corrected chi connectivity index (χ1v) is 8.50. The van der Waals surface area contributed by atoms with E-state index in [1.807, 2.05) is 0 Å².